The van der Waals surface area contributed by atoms with E-state index in [1.165, 1.54) is 6.92 Å². The number of carbonyl (C=O) groups excluding carboxylic acids is 1. The van der Waals surface area contributed by atoms with E-state index < -0.39 is 0 Å². The molecular weight excluding hydrogens is 276 g/mol. The summed E-state index contributed by atoms with van der Waals surface area (Å²) in [6, 6.07) is 19.5. The largest absolute Gasteiger partial charge is 0.453 e. The molecule has 3 aromatic rings. The molecule has 0 atom stereocenters. The Morgan fingerprint density at radius 2 is 1.68 bits per heavy atom. The van der Waals surface area contributed by atoms with Crippen LogP contribution in [0.1, 0.15) is 12.5 Å². The molecule has 0 aliphatic heterocycles. The minimum absolute atomic E-state index is 0.367. The van der Waals surface area contributed by atoms with Crippen molar-refractivity contribution < 1.29 is 14.3 Å². The van der Waals surface area contributed by atoms with Crippen molar-refractivity contribution in [1.29, 1.82) is 0 Å². The van der Waals surface area contributed by atoms with Crippen LogP contribution in [0.3, 0.4) is 0 Å². The van der Waals surface area contributed by atoms with Gasteiger partial charge in [-0.25, -0.2) is 0 Å². The predicted molar refractivity (Wildman–Crippen MR) is 86.5 cm³/mol. The maximum Gasteiger partial charge on any atom is 0.308 e. The molecule has 0 bridgehead atoms. The Kier molecular flexibility index (Phi) is 3.79. The number of fused-ring (bicyclic) bond motifs is 1. The Balaban J connectivity index is 1.99. The van der Waals surface area contributed by atoms with Crippen molar-refractivity contribution in [2.24, 2.45) is 0 Å². The summed E-state index contributed by atoms with van der Waals surface area (Å²) in [5.41, 5.74) is 0.909. The van der Waals surface area contributed by atoms with Gasteiger partial charge in [0.1, 0.15) is 5.75 Å². The molecule has 0 aliphatic carbocycles. The van der Waals surface area contributed by atoms with Gasteiger partial charge in [0.2, 0.25) is 0 Å². The van der Waals surface area contributed by atoms with Crippen LogP contribution in [-0.2, 0) is 4.79 Å². The van der Waals surface area contributed by atoms with Crippen LogP contribution >= 0.6 is 0 Å². The number of benzene rings is 3. The normalized spacial score (nSPS) is 10.5. The molecule has 0 saturated heterocycles. The monoisotopic (exact) mass is 292 g/mol. The standard InChI is InChI=1S/C19H16O3/c1-13-6-5-9-18(21-14(2)20)19(13)22-17-11-10-15-7-3-4-8-16(15)12-17/h3-12H,1-2H3. The quantitative estimate of drug-likeness (QED) is 0.510. The first-order valence-corrected chi connectivity index (χ1v) is 7.08. The van der Waals surface area contributed by atoms with E-state index in [0.29, 0.717) is 17.2 Å². The molecule has 0 aliphatic rings. The summed E-state index contributed by atoms with van der Waals surface area (Å²) < 4.78 is 11.2. The number of rotatable bonds is 3. The summed E-state index contributed by atoms with van der Waals surface area (Å²) in [5, 5.41) is 2.25. The molecule has 3 heteroatoms. The van der Waals surface area contributed by atoms with Crippen molar-refractivity contribution in [1.82, 2.24) is 0 Å². The van der Waals surface area contributed by atoms with Gasteiger partial charge in [-0.3, -0.25) is 4.79 Å². The SMILES string of the molecule is CC(=O)Oc1cccc(C)c1Oc1ccc2ccccc2c1. The number of hydrogen-bond acceptors (Lipinski definition) is 3. The smallest absolute Gasteiger partial charge is 0.308 e. The van der Waals surface area contributed by atoms with Gasteiger partial charge >= 0.3 is 5.97 Å². The Morgan fingerprint density at radius 1 is 0.909 bits per heavy atom. The number of ether oxygens (including phenoxy) is 2. The van der Waals surface area contributed by atoms with Crippen LogP contribution in [0.5, 0.6) is 17.2 Å². The molecular formula is C19H16O3. The summed E-state index contributed by atoms with van der Waals surface area (Å²) in [4.78, 5) is 11.2. The minimum atomic E-state index is -0.367. The van der Waals surface area contributed by atoms with Crippen LogP contribution in [0.2, 0.25) is 0 Å². The highest BCUT2D eigenvalue weighted by atomic mass is 16.6. The Labute approximate surface area is 129 Å². The molecule has 0 radical (unpaired) electrons. The van der Waals surface area contributed by atoms with Gasteiger partial charge in [-0.15, -0.1) is 0 Å². The number of aryl methyl sites for hydroxylation is 1. The first-order valence-electron chi connectivity index (χ1n) is 7.08. The van der Waals surface area contributed by atoms with Crippen LogP contribution < -0.4 is 9.47 Å². The van der Waals surface area contributed by atoms with Crippen molar-refractivity contribution in [3.63, 3.8) is 0 Å². The van der Waals surface area contributed by atoms with Crippen molar-refractivity contribution in [3.8, 4) is 17.2 Å². The van der Waals surface area contributed by atoms with Crippen molar-refractivity contribution in [2.45, 2.75) is 13.8 Å². The van der Waals surface area contributed by atoms with Crippen LogP contribution in [0.4, 0.5) is 0 Å². The van der Waals surface area contributed by atoms with Crippen molar-refractivity contribution in [2.75, 3.05) is 0 Å². The van der Waals surface area contributed by atoms with Gasteiger partial charge < -0.3 is 9.47 Å². The van der Waals surface area contributed by atoms with E-state index in [-0.39, 0.29) is 5.97 Å². The maximum absolute atomic E-state index is 11.2. The number of carbonyl (C=O) groups is 1. The minimum Gasteiger partial charge on any atom is -0.453 e. The van der Waals surface area contributed by atoms with Gasteiger partial charge in [0, 0.05) is 6.92 Å². The van der Waals surface area contributed by atoms with E-state index in [2.05, 4.69) is 6.07 Å². The van der Waals surface area contributed by atoms with E-state index in [4.69, 9.17) is 9.47 Å². The zero-order valence-electron chi connectivity index (χ0n) is 12.5. The third-order valence-corrected chi connectivity index (χ3v) is 3.37. The van der Waals surface area contributed by atoms with Crippen LogP contribution in [0.25, 0.3) is 10.8 Å². The van der Waals surface area contributed by atoms with Crippen LogP contribution in [-0.4, -0.2) is 5.97 Å². The topological polar surface area (TPSA) is 35.5 Å². The lowest BCUT2D eigenvalue weighted by Crippen LogP contribution is -2.03. The van der Waals surface area contributed by atoms with Crippen LogP contribution in [0.15, 0.2) is 60.7 Å². The van der Waals surface area contributed by atoms with Crippen molar-refractivity contribution >= 4 is 16.7 Å². The molecule has 22 heavy (non-hydrogen) atoms. The Bertz CT molecular complexity index is 837. The first kappa shape index (κ1) is 14.1. The third-order valence-electron chi connectivity index (χ3n) is 3.37. The Morgan fingerprint density at radius 3 is 2.45 bits per heavy atom. The van der Waals surface area contributed by atoms with E-state index in [0.717, 1.165) is 16.3 Å². The first-order chi connectivity index (χ1) is 10.6. The second-order valence-corrected chi connectivity index (χ2v) is 5.11. The lowest BCUT2D eigenvalue weighted by atomic mass is 10.1. The lowest BCUT2D eigenvalue weighted by molar-refractivity contribution is -0.131. The van der Waals surface area contributed by atoms with Gasteiger partial charge in [0.25, 0.3) is 0 Å². The number of para-hydroxylation sites is 1. The van der Waals surface area contributed by atoms with E-state index in [1.807, 2.05) is 55.5 Å². The molecule has 110 valence electrons. The molecule has 0 heterocycles. The van der Waals surface area contributed by atoms with Gasteiger partial charge in [-0.1, -0.05) is 42.5 Å². The molecule has 0 unspecified atom stereocenters. The molecule has 0 aromatic heterocycles. The molecule has 3 rings (SSSR count). The second kappa shape index (κ2) is 5.90. The van der Waals surface area contributed by atoms with Gasteiger partial charge in [0.05, 0.1) is 0 Å². The summed E-state index contributed by atoms with van der Waals surface area (Å²) in [7, 11) is 0. The number of esters is 1. The zero-order chi connectivity index (χ0) is 15.5. The van der Waals surface area contributed by atoms with Crippen molar-refractivity contribution in [3.05, 3.63) is 66.2 Å². The van der Waals surface area contributed by atoms with E-state index >= 15 is 0 Å². The fourth-order valence-electron chi connectivity index (χ4n) is 2.34. The maximum atomic E-state index is 11.2. The van der Waals surface area contributed by atoms with Gasteiger partial charge in [-0.2, -0.15) is 0 Å². The molecule has 3 nitrogen and oxygen atoms in total. The van der Waals surface area contributed by atoms with Gasteiger partial charge in [-0.05, 0) is 41.5 Å². The Hall–Kier alpha value is -2.81. The molecule has 0 spiro atoms. The zero-order valence-corrected chi connectivity index (χ0v) is 12.5. The summed E-state index contributed by atoms with van der Waals surface area (Å²) in [6.45, 7) is 3.30. The highest BCUT2D eigenvalue weighted by molar-refractivity contribution is 5.83. The number of hydrogen-bond donors (Lipinski definition) is 0. The lowest BCUT2D eigenvalue weighted by Gasteiger charge is -2.13. The fraction of sp³-hybridized carbons (Fsp3) is 0.105. The van der Waals surface area contributed by atoms with E-state index in [1.54, 1.807) is 6.07 Å². The molecule has 0 fully saturated rings. The van der Waals surface area contributed by atoms with Gasteiger partial charge in [0.15, 0.2) is 11.5 Å². The van der Waals surface area contributed by atoms with E-state index in [9.17, 15) is 4.79 Å². The highest BCUT2D eigenvalue weighted by Crippen LogP contribution is 2.35. The van der Waals surface area contributed by atoms with Crippen LogP contribution in [0, 0.1) is 6.92 Å². The molecule has 0 N–H and O–H groups in total. The highest BCUT2D eigenvalue weighted by Gasteiger charge is 2.11. The summed E-state index contributed by atoms with van der Waals surface area (Å²) in [6.07, 6.45) is 0. The third kappa shape index (κ3) is 2.93. The summed E-state index contributed by atoms with van der Waals surface area (Å²) >= 11 is 0. The molecule has 0 amide bonds. The average Bonchev–Trinajstić information content (AvgIpc) is 2.50. The summed E-state index contributed by atoms with van der Waals surface area (Å²) in [5.74, 6) is 1.34. The fourth-order valence-corrected chi connectivity index (χ4v) is 2.34. The molecule has 0 saturated carbocycles. The molecule has 3 aromatic carbocycles. The second-order valence-electron chi connectivity index (χ2n) is 5.11. The predicted octanol–water partition coefficient (Wildman–Crippen LogP) is 4.87. The average molecular weight is 292 g/mol.